The fourth-order valence-electron chi connectivity index (χ4n) is 3.48. The van der Waals surface area contributed by atoms with Crippen molar-refractivity contribution < 1.29 is 9.18 Å². The van der Waals surface area contributed by atoms with E-state index in [0.29, 0.717) is 25.3 Å². The van der Waals surface area contributed by atoms with Crippen LogP contribution < -0.4 is 10.6 Å². The van der Waals surface area contributed by atoms with Crippen LogP contribution in [0.25, 0.3) is 11.3 Å². The number of pyridine rings is 1. The summed E-state index contributed by atoms with van der Waals surface area (Å²) in [6, 6.07) is 11.4. The summed E-state index contributed by atoms with van der Waals surface area (Å²) in [4.78, 5) is 21.8. The number of hydrogen-bond donors (Lipinski definition) is 2. The van der Waals surface area contributed by atoms with Crippen LogP contribution >= 0.6 is 11.3 Å². The summed E-state index contributed by atoms with van der Waals surface area (Å²) in [6.45, 7) is 4.96. The predicted octanol–water partition coefficient (Wildman–Crippen LogP) is 4.21. The van der Waals surface area contributed by atoms with E-state index in [-0.39, 0.29) is 11.7 Å². The Bertz CT molecular complexity index is 1210. The minimum Gasteiger partial charge on any atom is -0.310 e. The smallest absolute Gasteiger partial charge is 0.243 e. The molecule has 0 unspecified atom stereocenters. The van der Waals surface area contributed by atoms with Gasteiger partial charge in [-0.1, -0.05) is 12.1 Å². The third kappa shape index (κ3) is 5.88. The molecule has 0 fully saturated rings. The third-order valence-corrected chi connectivity index (χ3v) is 5.84. The number of nitrogens with zero attached hydrogens (tertiary/aromatic N) is 4. The first-order valence-electron chi connectivity index (χ1n) is 10.7. The van der Waals surface area contributed by atoms with Crippen molar-refractivity contribution in [3.05, 3.63) is 82.3 Å². The maximum absolute atomic E-state index is 13.3. The van der Waals surface area contributed by atoms with E-state index in [4.69, 9.17) is 0 Å². The van der Waals surface area contributed by atoms with Gasteiger partial charge in [0.05, 0.1) is 22.9 Å². The van der Waals surface area contributed by atoms with Gasteiger partial charge in [-0.05, 0) is 50.1 Å². The second-order valence-electron chi connectivity index (χ2n) is 7.65. The number of carbonyl (C=O) groups is 1. The number of anilines is 1. The summed E-state index contributed by atoms with van der Waals surface area (Å²) in [7, 11) is 0. The zero-order chi connectivity index (χ0) is 23.2. The van der Waals surface area contributed by atoms with Gasteiger partial charge in [-0.25, -0.2) is 14.1 Å². The largest absolute Gasteiger partial charge is 0.310 e. The lowest BCUT2D eigenvalue weighted by atomic mass is 10.0. The molecule has 0 radical (unpaired) electrons. The Hall–Kier alpha value is -3.43. The minimum absolute atomic E-state index is 0.193. The van der Waals surface area contributed by atoms with E-state index in [0.717, 1.165) is 28.2 Å². The van der Waals surface area contributed by atoms with Crippen molar-refractivity contribution >= 4 is 23.1 Å². The molecule has 2 N–H and O–H groups in total. The zero-order valence-electron chi connectivity index (χ0n) is 18.5. The van der Waals surface area contributed by atoms with Crippen LogP contribution in [0.5, 0.6) is 0 Å². The van der Waals surface area contributed by atoms with Gasteiger partial charge in [0, 0.05) is 42.0 Å². The molecule has 4 rings (SSSR count). The van der Waals surface area contributed by atoms with E-state index in [1.807, 2.05) is 37.4 Å². The Labute approximate surface area is 195 Å². The molecule has 1 amide bonds. The lowest BCUT2D eigenvalue weighted by Crippen LogP contribution is -2.42. The predicted molar refractivity (Wildman–Crippen MR) is 127 cm³/mol. The van der Waals surface area contributed by atoms with E-state index in [1.165, 1.54) is 23.5 Å². The monoisotopic (exact) mass is 464 g/mol. The Morgan fingerprint density at radius 2 is 2.00 bits per heavy atom. The molecule has 3 heterocycles. The molecule has 1 aromatic carbocycles. The molecule has 7 nitrogen and oxygen atoms in total. The van der Waals surface area contributed by atoms with Crippen molar-refractivity contribution in [1.29, 1.82) is 0 Å². The van der Waals surface area contributed by atoms with E-state index < -0.39 is 6.04 Å². The highest BCUT2D eigenvalue weighted by Gasteiger charge is 2.21. The molecule has 170 valence electrons. The quantitative estimate of drug-likeness (QED) is 0.388. The first-order valence-corrected chi connectivity index (χ1v) is 11.6. The Balaban J connectivity index is 1.54. The summed E-state index contributed by atoms with van der Waals surface area (Å²) >= 11 is 1.51. The topological polar surface area (TPSA) is 84.7 Å². The van der Waals surface area contributed by atoms with Crippen LogP contribution in [0.1, 0.15) is 23.9 Å². The number of aryl methyl sites for hydroxylation is 2. The van der Waals surface area contributed by atoms with Crippen LogP contribution in [0.2, 0.25) is 0 Å². The van der Waals surface area contributed by atoms with Gasteiger partial charge in [0.1, 0.15) is 11.6 Å². The van der Waals surface area contributed by atoms with Gasteiger partial charge in [-0.15, -0.1) is 11.3 Å². The zero-order valence-corrected chi connectivity index (χ0v) is 19.3. The number of halogens is 1. The molecule has 1 atom stereocenters. The molecule has 0 saturated carbocycles. The summed E-state index contributed by atoms with van der Waals surface area (Å²) in [5, 5.41) is 12.9. The van der Waals surface area contributed by atoms with Crippen LogP contribution in [0.4, 0.5) is 10.2 Å². The summed E-state index contributed by atoms with van der Waals surface area (Å²) < 4.78 is 15.1. The van der Waals surface area contributed by atoms with Gasteiger partial charge >= 0.3 is 0 Å². The first-order chi connectivity index (χ1) is 16.0. The molecule has 0 bridgehead atoms. The number of nitrogens with one attached hydrogen (secondary N) is 2. The van der Waals surface area contributed by atoms with Crippen LogP contribution in [-0.4, -0.2) is 31.7 Å². The van der Waals surface area contributed by atoms with E-state index in [1.54, 1.807) is 28.5 Å². The second-order valence-corrected chi connectivity index (χ2v) is 8.37. The van der Waals surface area contributed by atoms with Crippen LogP contribution in [0, 0.1) is 12.7 Å². The standard InChI is InChI=1S/C24H25FN6OS/c1-3-31-23(12-21(30-31)18-8-9-26-16(2)10-18)29-24(32)22(27-13-20-14-33-15-28-20)11-17-4-6-19(25)7-5-17/h4-10,12,14-15,22,27H,3,11,13H2,1-2H3,(H,29,32)/t22-/m0/s1. The average molecular weight is 465 g/mol. The third-order valence-electron chi connectivity index (χ3n) is 5.21. The number of amides is 1. The van der Waals surface area contributed by atoms with Crippen molar-refractivity contribution in [3.63, 3.8) is 0 Å². The molecule has 0 aliphatic carbocycles. The molecular formula is C24H25FN6OS. The lowest BCUT2D eigenvalue weighted by Gasteiger charge is -2.18. The number of thiazole rings is 1. The van der Waals surface area contributed by atoms with E-state index in [9.17, 15) is 9.18 Å². The summed E-state index contributed by atoms with van der Waals surface area (Å²) in [5.74, 6) is 0.119. The molecule has 4 aromatic rings. The van der Waals surface area contributed by atoms with Gasteiger partial charge < -0.3 is 5.32 Å². The van der Waals surface area contributed by atoms with Crippen molar-refractivity contribution in [2.24, 2.45) is 0 Å². The molecule has 3 aromatic heterocycles. The number of carbonyl (C=O) groups excluding carboxylic acids is 1. The fraction of sp³-hybridized carbons (Fsp3) is 0.250. The Morgan fingerprint density at radius 3 is 2.70 bits per heavy atom. The highest BCUT2D eigenvalue weighted by Crippen LogP contribution is 2.22. The Morgan fingerprint density at radius 1 is 1.18 bits per heavy atom. The molecule has 9 heteroatoms. The second kappa shape index (κ2) is 10.5. The average Bonchev–Trinajstić information content (AvgIpc) is 3.47. The highest BCUT2D eigenvalue weighted by atomic mass is 32.1. The van der Waals surface area contributed by atoms with Crippen LogP contribution in [0.3, 0.4) is 0 Å². The first kappa shape index (κ1) is 22.8. The summed E-state index contributed by atoms with van der Waals surface area (Å²) in [5.41, 5.74) is 6.09. The molecule has 33 heavy (non-hydrogen) atoms. The van der Waals surface area contributed by atoms with Crippen molar-refractivity contribution in [2.75, 3.05) is 5.32 Å². The highest BCUT2D eigenvalue weighted by molar-refractivity contribution is 7.07. The maximum atomic E-state index is 13.3. The van der Waals surface area contributed by atoms with Gasteiger partial charge in [-0.3, -0.25) is 15.1 Å². The van der Waals surface area contributed by atoms with Gasteiger partial charge in [0.15, 0.2) is 0 Å². The fourth-order valence-corrected chi connectivity index (χ4v) is 4.04. The maximum Gasteiger partial charge on any atom is 0.243 e. The molecule has 0 aliphatic heterocycles. The molecular weight excluding hydrogens is 439 g/mol. The minimum atomic E-state index is -0.538. The number of rotatable bonds is 9. The van der Waals surface area contributed by atoms with Crippen molar-refractivity contribution in [3.8, 4) is 11.3 Å². The van der Waals surface area contributed by atoms with Crippen molar-refractivity contribution in [2.45, 2.75) is 39.4 Å². The lowest BCUT2D eigenvalue weighted by molar-refractivity contribution is -0.118. The van der Waals surface area contributed by atoms with Gasteiger partial charge in [0.2, 0.25) is 5.91 Å². The van der Waals surface area contributed by atoms with Gasteiger partial charge in [0.25, 0.3) is 0 Å². The molecule has 0 saturated heterocycles. The van der Waals surface area contributed by atoms with Gasteiger partial charge in [-0.2, -0.15) is 5.10 Å². The van der Waals surface area contributed by atoms with E-state index >= 15 is 0 Å². The SMILES string of the molecule is CCn1nc(-c2ccnc(C)c2)cc1NC(=O)[C@H](Cc1ccc(F)cc1)NCc1cscn1. The van der Waals surface area contributed by atoms with Crippen molar-refractivity contribution in [1.82, 2.24) is 25.1 Å². The number of aromatic nitrogens is 4. The van der Waals surface area contributed by atoms with Crippen LogP contribution in [-0.2, 0) is 24.3 Å². The summed E-state index contributed by atoms with van der Waals surface area (Å²) in [6.07, 6.45) is 2.15. The molecule has 0 spiro atoms. The Kier molecular flexibility index (Phi) is 7.21. The molecule has 0 aliphatic rings. The normalized spacial score (nSPS) is 12.0. The van der Waals surface area contributed by atoms with E-state index in [2.05, 4.69) is 25.7 Å². The number of benzene rings is 1. The van der Waals surface area contributed by atoms with Crippen LogP contribution in [0.15, 0.2) is 59.6 Å². The number of hydrogen-bond acceptors (Lipinski definition) is 6.